The Kier molecular flexibility index (Phi) is 5.79. The van der Waals surface area contributed by atoms with Gasteiger partial charge in [0.05, 0.1) is 0 Å². The van der Waals surface area contributed by atoms with E-state index in [4.69, 9.17) is 0 Å². The molecule has 0 spiro atoms. The molecule has 0 N–H and O–H groups in total. The molecule has 5 heteroatoms. The number of hydrogen-bond acceptors (Lipinski definition) is 3. The van der Waals surface area contributed by atoms with Crippen LogP contribution >= 0.6 is 0 Å². The third-order valence-electron chi connectivity index (χ3n) is 4.53. The predicted octanol–water partition coefficient (Wildman–Crippen LogP) is 2.78. The third kappa shape index (κ3) is 4.57. The second-order valence-electron chi connectivity index (χ2n) is 6.43. The summed E-state index contributed by atoms with van der Waals surface area (Å²) in [4.78, 5) is 32.3. The Labute approximate surface area is 154 Å². The number of aryl methyl sites for hydroxylation is 1. The van der Waals surface area contributed by atoms with Crippen LogP contribution in [0, 0.1) is 6.92 Å². The van der Waals surface area contributed by atoms with Crippen LogP contribution in [0.4, 0.5) is 0 Å². The van der Waals surface area contributed by atoms with E-state index in [0.717, 1.165) is 5.56 Å². The zero-order valence-electron chi connectivity index (χ0n) is 15.0. The van der Waals surface area contributed by atoms with Crippen LogP contribution in [0.5, 0.6) is 0 Å². The summed E-state index contributed by atoms with van der Waals surface area (Å²) in [5, 5.41) is 0. The Bertz CT molecular complexity index is 777. The molecule has 3 rings (SSSR count). The van der Waals surface area contributed by atoms with Crippen LogP contribution in [0.25, 0.3) is 6.08 Å². The van der Waals surface area contributed by atoms with Crippen LogP contribution in [0.2, 0.25) is 0 Å². The van der Waals surface area contributed by atoms with Crippen LogP contribution in [-0.4, -0.2) is 52.8 Å². The van der Waals surface area contributed by atoms with Crippen molar-refractivity contribution in [3.63, 3.8) is 0 Å². The van der Waals surface area contributed by atoms with E-state index in [9.17, 15) is 9.59 Å². The Morgan fingerprint density at radius 2 is 1.58 bits per heavy atom. The summed E-state index contributed by atoms with van der Waals surface area (Å²) in [5.74, 6) is 0.100. The van der Waals surface area contributed by atoms with Crippen LogP contribution in [0.15, 0.2) is 54.9 Å². The van der Waals surface area contributed by atoms with Crippen LogP contribution in [-0.2, 0) is 4.79 Å². The van der Waals surface area contributed by atoms with Crippen molar-refractivity contribution in [3.8, 4) is 0 Å². The fraction of sp³-hybridized carbons (Fsp3) is 0.286. The van der Waals surface area contributed by atoms with Crippen LogP contribution in [0.1, 0.15) is 27.9 Å². The molecule has 1 saturated heterocycles. The molecule has 0 bridgehead atoms. The molecule has 0 radical (unpaired) electrons. The molecule has 1 aromatic carbocycles. The summed E-state index contributed by atoms with van der Waals surface area (Å²) >= 11 is 0. The van der Waals surface area contributed by atoms with E-state index < -0.39 is 0 Å². The fourth-order valence-electron chi connectivity index (χ4n) is 2.94. The van der Waals surface area contributed by atoms with Gasteiger partial charge >= 0.3 is 0 Å². The lowest BCUT2D eigenvalue weighted by molar-refractivity contribution is -0.131. The number of carbonyl (C=O) groups is 2. The second-order valence-corrected chi connectivity index (χ2v) is 6.43. The first kappa shape index (κ1) is 17.9. The lowest BCUT2D eigenvalue weighted by Crippen LogP contribution is -2.50. The Morgan fingerprint density at radius 3 is 2.23 bits per heavy atom. The highest BCUT2D eigenvalue weighted by molar-refractivity contribution is 5.94. The lowest BCUT2D eigenvalue weighted by Gasteiger charge is -2.34. The molecule has 2 heterocycles. The maximum atomic E-state index is 12.4. The largest absolute Gasteiger partial charge is 0.339 e. The molecule has 1 aromatic heterocycles. The molecular weight excluding hydrogens is 326 g/mol. The second kappa shape index (κ2) is 8.43. The number of hydrogen-bond donors (Lipinski definition) is 0. The molecule has 134 valence electrons. The van der Waals surface area contributed by atoms with Crippen molar-refractivity contribution in [2.75, 3.05) is 26.2 Å². The van der Waals surface area contributed by atoms with Gasteiger partial charge in [-0.2, -0.15) is 0 Å². The zero-order chi connectivity index (χ0) is 18.4. The van der Waals surface area contributed by atoms with E-state index in [1.807, 2.05) is 29.2 Å². The van der Waals surface area contributed by atoms with Gasteiger partial charge in [0.25, 0.3) is 5.91 Å². The van der Waals surface area contributed by atoms with Crippen molar-refractivity contribution >= 4 is 17.9 Å². The fourth-order valence-corrected chi connectivity index (χ4v) is 2.94. The van der Waals surface area contributed by atoms with Crippen molar-refractivity contribution in [1.82, 2.24) is 14.8 Å². The summed E-state index contributed by atoms with van der Waals surface area (Å²) in [6, 6.07) is 11.6. The van der Waals surface area contributed by atoms with E-state index in [0.29, 0.717) is 38.2 Å². The average molecular weight is 349 g/mol. The Balaban J connectivity index is 1.47. The number of nitrogens with zero attached hydrogens (tertiary/aromatic N) is 3. The average Bonchev–Trinajstić information content (AvgIpc) is 2.69. The smallest absolute Gasteiger partial charge is 0.254 e. The van der Waals surface area contributed by atoms with Crippen molar-refractivity contribution in [3.05, 3.63) is 71.6 Å². The van der Waals surface area contributed by atoms with Gasteiger partial charge in [-0.25, -0.2) is 0 Å². The standard InChI is InChI=1S/C21H23N3O2/c1-17-5-7-18(8-6-17)3-2-4-20(25)23-13-15-24(16-14-23)21(26)19-9-11-22-12-10-19/h2-3,5-12H,4,13-16H2,1H3. The SMILES string of the molecule is Cc1ccc(C=CCC(=O)N2CCN(C(=O)c3ccncc3)CC2)cc1. The number of carbonyl (C=O) groups excluding carboxylic acids is 2. The van der Waals surface area contributed by atoms with Gasteiger partial charge in [0.2, 0.25) is 5.91 Å². The summed E-state index contributed by atoms with van der Waals surface area (Å²) in [7, 11) is 0. The Morgan fingerprint density at radius 1 is 0.962 bits per heavy atom. The first-order valence-electron chi connectivity index (χ1n) is 8.84. The van der Waals surface area contributed by atoms with Crippen LogP contribution < -0.4 is 0 Å². The number of piperazine rings is 1. The minimum atomic E-state index is -0.00114. The number of amides is 2. The van der Waals surface area contributed by atoms with Crippen molar-refractivity contribution in [2.45, 2.75) is 13.3 Å². The predicted molar refractivity (Wildman–Crippen MR) is 102 cm³/mol. The van der Waals surface area contributed by atoms with Gasteiger partial charge in [0, 0.05) is 50.6 Å². The molecule has 0 saturated carbocycles. The zero-order valence-corrected chi connectivity index (χ0v) is 15.0. The van der Waals surface area contributed by atoms with E-state index in [2.05, 4.69) is 24.0 Å². The highest BCUT2D eigenvalue weighted by Gasteiger charge is 2.24. The quantitative estimate of drug-likeness (QED) is 0.853. The molecular formula is C21H23N3O2. The molecule has 1 aliphatic heterocycles. The van der Waals surface area contributed by atoms with Crippen molar-refractivity contribution in [2.24, 2.45) is 0 Å². The minimum Gasteiger partial charge on any atom is -0.339 e. The number of benzene rings is 1. The minimum absolute atomic E-state index is 0.00114. The highest BCUT2D eigenvalue weighted by Crippen LogP contribution is 2.10. The molecule has 0 aliphatic carbocycles. The molecule has 0 atom stereocenters. The van der Waals surface area contributed by atoms with E-state index in [1.165, 1.54) is 5.56 Å². The normalized spacial score (nSPS) is 14.7. The van der Waals surface area contributed by atoms with Gasteiger partial charge in [-0.15, -0.1) is 0 Å². The Hall–Kier alpha value is -2.95. The van der Waals surface area contributed by atoms with Gasteiger partial charge in [0.15, 0.2) is 0 Å². The maximum absolute atomic E-state index is 12.4. The number of aromatic nitrogens is 1. The topological polar surface area (TPSA) is 53.5 Å². The summed E-state index contributed by atoms with van der Waals surface area (Å²) in [5.41, 5.74) is 2.95. The van der Waals surface area contributed by atoms with Gasteiger partial charge in [-0.1, -0.05) is 42.0 Å². The first-order chi connectivity index (χ1) is 12.6. The molecule has 0 unspecified atom stereocenters. The van der Waals surface area contributed by atoms with Gasteiger partial charge in [-0.3, -0.25) is 14.6 Å². The lowest BCUT2D eigenvalue weighted by atomic mass is 10.1. The molecule has 2 amide bonds. The van der Waals surface area contributed by atoms with Gasteiger partial charge in [0.1, 0.15) is 0 Å². The van der Waals surface area contributed by atoms with Crippen LogP contribution in [0.3, 0.4) is 0 Å². The number of pyridine rings is 1. The first-order valence-corrected chi connectivity index (χ1v) is 8.84. The third-order valence-corrected chi connectivity index (χ3v) is 4.53. The maximum Gasteiger partial charge on any atom is 0.254 e. The number of rotatable bonds is 4. The summed E-state index contributed by atoms with van der Waals surface area (Å²) < 4.78 is 0. The van der Waals surface area contributed by atoms with Gasteiger partial charge in [-0.05, 0) is 24.6 Å². The molecule has 1 aliphatic rings. The van der Waals surface area contributed by atoms with Crippen molar-refractivity contribution < 1.29 is 9.59 Å². The molecule has 2 aromatic rings. The highest BCUT2D eigenvalue weighted by atomic mass is 16.2. The van der Waals surface area contributed by atoms with E-state index in [1.54, 1.807) is 29.4 Å². The van der Waals surface area contributed by atoms with Gasteiger partial charge < -0.3 is 9.80 Å². The molecule has 5 nitrogen and oxygen atoms in total. The molecule has 1 fully saturated rings. The van der Waals surface area contributed by atoms with E-state index in [-0.39, 0.29) is 11.8 Å². The summed E-state index contributed by atoms with van der Waals surface area (Å²) in [6.07, 6.45) is 7.50. The van der Waals surface area contributed by atoms with E-state index >= 15 is 0 Å². The monoisotopic (exact) mass is 349 g/mol. The summed E-state index contributed by atoms with van der Waals surface area (Å²) in [6.45, 7) is 4.33. The van der Waals surface area contributed by atoms with Crippen molar-refractivity contribution in [1.29, 1.82) is 0 Å². The molecule has 26 heavy (non-hydrogen) atoms.